The van der Waals surface area contributed by atoms with E-state index < -0.39 is 0 Å². The van der Waals surface area contributed by atoms with Crippen LogP contribution < -0.4 is 5.32 Å². The highest BCUT2D eigenvalue weighted by molar-refractivity contribution is 5.35. The van der Waals surface area contributed by atoms with Gasteiger partial charge in [0, 0.05) is 6.04 Å². The lowest BCUT2D eigenvalue weighted by Gasteiger charge is -2.25. The second-order valence-electron chi connectivity index (χ2n) is 6.45. The number of hydrogen-bond acceptors (Lipinski definition) is 1. The molecule has 19 heavy (non-hydrogen) atoms. The van der Waals surface area contributed by atoms with Crippen molar-refractivity contribution in [1.29, 1.82) is 0 Å². The van der Waals surface area contributed by atoms with Gasteiger partial charge >= 0.3 is 0 Å². The summed E-state index contributed by atoms with van der Waals surface area (Å²) < 4.78 is 0. The van der Waals surface area contributed by atoms with Crippen LogP contribution in [-0.2, 0) is 19.3 Å². The first kappa shape index (κ1) is 13.2. The maximum absolute atomic E-state index is 3.57. The number of nitrogens with one attached hydrogen (secondary N) is 1. The van der Waals surface area contributed by atoms with Gasteiger partial charge in [0.15, 0.2) is 0 Å². The lowest BCUT2D eigenvalue weighted by Crippen LogP contribution is -2.33. The third-order valence-corrected chi connectivity index (χ3v) is 5.19. The molecule has 2 aliphatic rings. The molecule has 1 heteroatoms. The van der Waals surface area contributed by atoms with Crippen LogP contribution in [0.1, 0.15) is 55.2 Å². The van der Waals surface area contributed by atoms with E-state index in [1.54, 1.807) is 16.7 Å². The first-order chi connectivity index (χ1) is 9.36. The second-order valence-corrected chi connectivity index (χ2v) is 6.45. The highest BCUT2D eigenvalue weighted by Crippen LogP contribution is 2.29. The van der Waals surface area contributed by atoms with Crippen molar-refractivity contribution in [2.75, 3.05) is 7.05 Å². The summed E-state index contributed by atoms with van der Waals surface area (Å²) in [6, 6.07) is 8.01. The molecular formula is C18H27N. The third kappa shape index (κ3) is 3.02. The van der Waals surface area contributed by atoms with Crippen molar-refractivity contribution >= 4 is 0 Å². The number of fused-ring (bicyclic) bond motifs is 1. The zero-order valence-electron chi connectivity index (χ0n) is 12.3. The summed E-state index contributed by atoms with van der Waals surface area (Å²) in [6.45, 7) is 0. The summed E-state index contributed by atoms with van der Waals surface area (Å²) in [5.74, 6) is 0.840. The van der Waals surface area contributed by atoms with E-state index in [4.69, 9.17) is 0 Å². The summed E-state index contributed by atoms with van der Waals surface area (Å²) in [7, 11) is 2.14. The standard InChI is InChI=1S/C18H27N/c1-19-18-9-4-2-3-6-17(18)13-14-10-11-15-7-5-8-16(15)12-14/h10-12,17-19H,2-9,13H2,1H3. The molecule has 3 rings (SSSR count). The Morgan fingerprint density at radius 1 is 1.00 bits per heavy atom. The number of rotatable bonds is 3. The molecule has 0 aromatic heterocycles. The van der Waals surface area contributed by atoms with E-state index in [1.807, 2.05) is 0 Å². The average Bonchev–Trinajstić information content (AvgIpc) is 2.78. The van der Waals surface area contributed by atoms with Gasteiger partial charge in [-0.25, -0.2) is 0 Å². The Morgan fingerprint density at radius 2 is 1.84 bits per heavy atom. The van der Waals surface area contributed by atoms with Gasteiger partial charge in [-0.3, -0.25) is 0 Å². The first-order valence-electron chi connectivity index (χ1n) is 8.15. The van der Waals surface area contributed by atoms with Gasteiger partial charge < -0.3 is 5.32 Å². The molecule has 1 aromatic rings. The average molecular weight is 257 g/mol. The van der Waals surface area contributed by atoms with E-state index in [0.29, 0.717) is 0 Å². The Morgan fingerprint density at radius 3 is 2.74 bits per heavy atom. The first-order valence-corrected chi connectivity index (χ1v) is 8.15. The van der Waals surface area contributed by atoms with Gasteiger partial charge in [-0.2, -0.15) is 0 Å². The Bertz CT molecular complexity index is 424. The van der Waals surface area contributed by atoms with Crippen LogP contribution in [0.5, 0.6) is 0 Å². The summed E-state index contributed by atoms with van der Waals surface area (Å²) in [6.07, 6.45) is 12.3. The van der Waals surface area contributed by atoms with Crippen LogP contribution in [0.4, 0.5) is 0 Å². The van der Waals surface area contributed by atoms with Crippen LogP contribution in [0.3, 0.4) is 0 Å². The zero-order chi connectivity index (χ0) is 13.1. The van der Waals surface area contributed by atoms with Crippen molar-refractivity contribution in [2.24, 2.45) is 5.92 Å². The molecule has 2 unspecified atom stereocenters. The highest BCUT2D eigenvalue weighted by atomic mass is 14.9. The summed E-state index contributed by atoms with van der Waals surface area (Å²) in [4.78, 5) is 0. The Balaban J connectivity index is 1.72. The van der Waals surface area contributed by atoms with Gasteiger partial charge in [0.05, 0.1) is 0 Å². The number of hydrogen-bond donors (Lipinski definition) is 1. The minimum absolute atomic E-state index is 0.732. The zero-order valence-corrected chi connectivity index (χ0v) is 12.3. The van der Waals surface area contributed by atoms with Crippen molar-refractivity contribution in [3.8, 4) is 0 Å². The maximum atomic E-state index is 3.57. The second kappa shape index (κ2) is 6.09. The van der Waals surface area contributed by atoms with Crippen LogP contribution >= 0.6 is 0 Å². The minimum atomic E-state index is 0.732. The van der Waals surface area contributed by atoms with Crippen molar-refractivity contribution in [2.45, 2.75) is 63.8 Å². The topological polar surface area (TPSA) is 12.0 Å². The van der Waals surface area contributed by atoms with Crippen LogP contribution in [0.25, 0.3) is 0 Å². The molecule has 0 heterocycles. The Hall–Kier alpha value is -0.820. The smallest absolute Gasteiger partial charge is 0.00955 e. The monoisotopic (exact) mass is 257 g/mol. The molecule has 0 radical (unpaired) electrons. The van der Waals surface area contributed by atoms with Crippen molar-refractivity contribution in [1.82, 2.24) is 5.32 Å². The molecule has 0 bridgehead atoms. The highest BCUT2D eigenvalue weighted by Gasteiger charge is 2.23. The van der Waals surface area contributed by atoms with Crippen LogP contribution in [0.2, 0.25) is 0 Å². The van der Waals surface area contributed by atoms with Gasteiger partial charge in [0.2, 0.25) is 0 Å². The molecule has 1 aromatic carbocycles. The molecule has 0 aliphatic heterocycles. The van der Waals surface area contributed by atoms with Crippen LogP contribution in [0.15, 0.2) is 18.2 Å². The van der Waals surface area contributed by atoms with E-state index in [0.717, 1.165) is 12.0 Å². The molecule has 104 valence electrons. The van der Waals surface area contributed by atoms with Gasteiger partial charge in [0.1, 0.15) is 0 Å². The van der Waals surface area contributed by atoms with Crippen molar-refractivity contribution in [3.05, 3.63) is 34.9 Å². The molecular weight excluding hydrogens is 230 g/mol. The van der Waals surface area contributed by atoms with Crippen molar-refractivity contribution in [3.63, 3.8) is 0 Å². The van der Waals surface area contributed by atoms with E-state index in [9.17, 15) is 0 Å². The van der Waals surface area contributed by atoms with Gasteiger partial charge in [0.25, 0.3) is 0 Å². The van der Waals surface area contributed by atoms with E-state index in [2.05, 4.69) is 30.6 Å². The summed E-state index contributed by atoms with van der Waals surface area (Å²) in [5, 5.41) is 3.57. The Labute approximate surface area is 117 Å². The van der Waals surface area contributed by atoms with Gasteiger partial charge in [-0.1, -0.05) is 37.5 Å². The van der Waals surface area contributed by atoms with Crippen LogP contribution in [0, 0.1) is 5.92 Å². The molecule has 1 fully saturated rings. The molecule has 1 saturated carbocycles. The molecule has 1 N–H and O–H groups in total. The summed E-state index contributed by atoms with van der Waals surface area (Å²) >= 11 is 0. The van der Waals surface area contributed by atoms with E-state index >= 15 is 0 Å². The summed E-state index contributed by atoms with van der Waals surface area (Å²) in [5.41, 5.74) is 4.81. The largest absolute Gasteiger partial charge is 0.317 e. The number of benzene rings is 1. The maximum Gasteiger partial charge on any atom is 0.00955 e. The van der Waals surface area contributed by atoms with Crippen LogP contribution in [-0.4, -0.2) is 13.1 Å². The quantitative estimate of drug-likeness (QED) is 0.810. The fourth-order valence-electron chi connectivity index (χ4n) is 4.06. The molecule has 0 spiro atoms. The third-order valence-electron chi connectivity index (χ3n) is 5.19. The van der Waals surface area contributed by atoms with Gasteiger partial charge in [-0.05, 0) is 68.2 Å². The molecule has 2 atom stereocenters. The lowest BCUT2D eigenvalue weighted by atomic mass is 9.87. The predicted octanol–water partition coefficient (Wildman–Crippen LogP) is 3.89. The fourth-order valence-corrected chi connectivity index (χ4v) is 4.06. The lowest BCUT2D eigenvalue weighted by molar-refractivity contribution is 0.350. The SMILES string of the molecule is CNC1CCCCCC1Cc1ccc2c(c1)CCC2. The molecule has 1 nitrogen and oxygen atoms in total. The molecule has 2 aliphatic carbocycles. The fraction of sp³-hybridized carbons (Fsp3) is 0.667. The molecule has 0 amide bonds. The number of aryl methyl sites for hydroxylation is 2. The Kier molecular flexibility index (Phi) is 4.22. The van der Waals surface area contributed by atoms with E-state index in [1.165, 1.54) is 57.8 Å². The minimum Gasteiger partial charge on any atom is -0.317 e. The predicted molar refractivity (Wildman–Crippen MR) is 81.6 cm³/mol. The molecule has 0 saturated heterocycles. The van der Waals surface area contributed by atoms with Gasteiger partial charge in [-0.15, -0.1) is 0 Å². The van der Waals surface area contributed by atoms with E-state index in [-0.39, 0.29) is 0 Å². The van der Waals surface area contributed by atoms with Crippen molar-refractivity contribution < 1.29 is 0 Å². The normalized spacial score (nSPS) is 27.0.